The van der Waals surface area contributed by atoms with Crippen LogP contribution in [0.2, 0.25) is 0 Å². The lowest BCUT2D eigenvalue weighted by atomic mass is 10.0. The number of amides is 2. The number of carbonyl (C=O) groups excluding carboxylic acids is 1. The number of hydrogen-bond donors (Lipinski definition) is 3. The van der Waals surface area contributed by atoms with Gasteiger partial charge in [0.25, 0.3) is 5.91 Å². The van der Waals surface area contributed by atoms with Gasteiger partial charge in [-0.1, -0.05) is 0 Å². The van der Waals surface area contributed by atoms with Crippen molar-refractivity contribution < 1.29 is 29.3 Å². The van der Waals surface area contributed by atoms with Gasteiger partial charge in [0, 0.05) is 13.0 Å². The number of aromatic nitrogens is 1. The summed E-state index contributed by atoms with van der Waals surface area (Å²) in [5, 5.41) is 20.5. The van der Waals surface area contributed by atoms with Crippen LogP contribution < -0.4 is 10.1 Å². The van der Waals surface area contributed by atoms with E-state index in [1.54, 1.807) is 0 Å². The summed E-state index contributed by atoms with van der Waals surface area (Å²) in [5.41, 5.74) is -1.30. The molecule has 2 aliphatic rings. The van der Waals surface area contributed by atoms with Crippen molar-refractivity contribution in [2.75, 3.05) is 18.4 Å². The van der Waals surface area contributed by atoms with Crippen LogP contribution in [0, 0.1) is 0 Å². The number of fused-ring (bicyclic) bond motifs is 1. The molecule has 2 aliphatic heterocycles. The Bertz CT molecular complexity index is 660. The van der Waals surface area contributed by atoms with Crippen molar-refractivity contribution in [1.29, 1.82) is 0 Å². The van der Waals surface area contributed by atoms with Gasteiger partial charge in [0.15, 0.2) is 5.69 Å². The molecule has 3 heterocycles. The summed E-state index contributed by atoms with van der Waals surface area (Å²) in [7, 11) is 0. The minimum Gasteiger partial charge on any atom is -0.477 e. The molecule has 1 saturated heterocycles. The first kappa shape index (κ1) is 13.2. The van der Waals surface area contributed by atoms with Crippen molar-refractivity contribution in [2.24, 2.45) is 0 Å². The predicted molar refractivity (Wildman–Crippen MR) is 67.4 cm³/mol. The van der Waals surface area contributed by atoms with Gasteiger partial charge < -0.3 is 25.2 Å². The first-order valence-corrected chi connectivity index (χ1v) is 6.14. The SMILES string of the molecule is O=C(O)c1ccc2c(n1)OC1(CCN(C(=O)O)C1)C(=O)N2. The quantitative estimate of drug-likeness (QED) is 0.676. The smallest absolute Gasteiger partial charge is 0.407 e. The molecule has 110 valence electrons. The van der Waals surface area contributed by atoms with Gasteiger partial charge in [0.05, 0.1) is 6.54 Å². The highest BCUT2D eigenvalue weighted by Crippen LogP contribution is 2.36. The minimum atomic E-state index is -1.35. The van der Waals surface area contributed by atoms with E-state index in [4.69, 9.17) is 14.9 Å². The third-order valence-corrected chi connectivity index (χ3v) is 3.54. The highest BCUT2D eigenvalue weighted by molar-refractivity contribution is 6.01. The van der Waals surface area contributed by atoms with Crippen LogP contribution in [0.4, 0.5) is 10.5 Å². The molecule has 2 amide bonds. The number of nitrogens with zero attached hydrogens (tertiary/aromatic N) is 2. The lowest BCUT2D eigenvalue weighted by molar-refractivity contribution is -0.131. The minimum absolute atomic E-state index is 0.0123. The Hall–Kier alpha value is -2.84. The highest BCUT2D eigenvalue weighted by Gasteiger charge is 2.51. The van der Waals surface area contributed by atoms with Gasteiger partial charge in [-0.15, -0.1) is 0 Å². The number of hydrogen-bond acceptors (Lipinski definition) is 5. The monoisotopic (exact) mass is 293 g/mol. The molecule has 9 nitrogen and oxygen atoms in total. The van der Waals surface area contributed by atoms with Crippen molar-refractivity contribution in [3.63, 3.8) is 0 Å². The predicted octanol–water partition coefficient (Wildman–Crippen LogP) is 0.233. The molecule has 0 aromatic carbocycles. The van der Waals surface area contributed by atoms with E-state index < -0.39 is 23.6 Å². The fourth-order valence-electron chi connectivity index (χ4n) is 2.41. The third-order valence-electron chi connectivity index (χ3n) is 3.54. The van der Waals surface area contributed by atoms with E-state index in [1.807, 2.05) is 0 Å². The maximum Gasteiger partial charge on any atom is 0.407 e. The van der Waals surface area contributed by atoms with E-state index in [1.165, 1.54) is 12.1 Å². The fourth-order valence-corrected chi connectivity index (χ4v) is 2.41. The summed E-state index contributed by atoms with van der Waals surface area (Å²) in [6.45, 7) is 0.0449. The summed E-state index contributed by atoms with van der Waals surface area (Å²) >= 11 is 0. The molecule has 21 heavy (non-hydrogen) atoms. The maximum atomic E-state index is 12.2. The zero-order valence-electron chi connectivity index (χ0n) is 10.7. The van der Waals surface area contributed by atoms with E-state index in [0.29, 0.717) is 0 Å². The first-order chi connectivity index (χ1) is 9.91. The van der Waals surface area contributed by atoms with Crippen molar-refractivity contribution in [3.05, 3.63) is 17.8 Å². The van der Waals surface area contributed by atoms with Crippen LogP contribution in [0.1, 0.15) is 16.9 Å². The summed E-state index contributed by atoms with van der Waals surface area (Å²) < 4.78 is 5.57. The lowest BCUT2D eigenvalue weighted by Crippen LogP contribution is -2.53. The van der Waals surface area contributed by atoms with Gasteiger partial charge in [-0.3, -0.25) is 4.79 Å². The number of likely N-dealkylation sites (tertiary alicyclic amines) is 1. The molecule has 0 radical (unpaired) electrons. The second-order valence-electron chi connectivity index (χ2n) is 4.86. The van der Waals surface area contributed by atoms with Crippen LogP contribution in [0.3, 0.4) is 0 Å². The zero-order chi connectivity index (χ0) is 15.2. The Balaban J connectivity index is 1.94. The topological polar surface area (TPSA) is 129 Å². The first-order valence-electron chi connectivity index (χ1n) is 6.14. The van der Waals surface area contributed by atoms with Gasteiger partial charge in [0.1, 0.15) is 5.69 Å². The van der Waals surface area contributed by atoms with E-state index in [-0.39, 0.29) is 36.8 Å². The van der Waals surface area contributed by atoms with Crippen LogP contribution in [0.25, 0.3) is 0 Å². The number of carboxylic acids is 1. The molecule has 1 aromatic heterocycles. The Morgan fingerprint density at radius 1 is 1.38 bits per heavy atom. The largest absolute Gasteiger partial charge is 0.477 e. The number of carbonyl (C=O) groups is 3. The average molecular weight is 293 g/mol. The van der Waals surface area contributed by atoms with Crippen LogP contribution in [0.15, 0.2) is 12.1 Å². The van der Waals surface area contributed by atoms with E-state index >= 15 is 0 Å². The number of nitrogens with one attached hydrogen (secondary N) is 1. The molecule has 1 unspecified atom stereocenters. The van der Waals surface area contributed by atoms with Gasteiger partial charge >= 0.3 is 12.1 Å². The summed E-state index contributed by atoms with van der Waals surface area (Å²) in [6, 6.07) is 2.64. The molecule has 0 saturated carbocycles. The molecule has 3 rings (SSSR count). The summed E-state index contributed by atoms with van der Waals surface area (Å²) in [4.78, 5) is 39.0. The molecule has 0 aliphatic carbocycles. The van der Waals surface area contributed by atoms with Crippen molar-refractivity contribution in [3.8, 4) is 5.88 Å². The number of anilines is 1. The van der Waals surface area contributed by atoms with Crippen LogP contribution >= 0.6 is 0 Å². The standard InChI is InChI=1S/C12H11N3O6/c16-9(17)7-2-1-6-8(13-7)21-12(10(18)14-6)3-4-15(5-12)11(19)20/h1-2H,3-5H2,(H,14,18)(H,16,17)(H,19,20). The van der Waals surface area contributed by atoms with E-state index in [2.05, 4.69) is 10.3 Å². The summed E-state index contributed by atoms with van der Waals surface area (Å²) in [6.07, 6.45) is -0.954. The molecule has 1 atom stereocenters. The number of pyridine rings is 1. The maximum absolute atomic E-state index is 12.2. The van der Waals surface area contributed by atoms with Crippen LogP contribution in [0.5, 0.6) is 5.88 Å². The molecule has 9 heteroatoms. The molecule has 1 fully saturated rings. The number of carboxylic acid groups (broad SMARTS) is 2. The Morgan fingerprint density at radius 3 is 2.76 bits per heavy atom. The van der Waals surface area contributed by atoms with Crippen molar-refractivity contribution in [1.82, 2.24) is 9.88 Å². The lowest BCUT2D eigenvalue weighted by Gasteiger charge is -2.33. The fraction of sp³-hybridized carbons (Fsp3) is 0.333. The Labute approximate surface area is 118 Å². The van der Waals surface area contributed by atoms with Crippen molar-refractivity contribution in [2.45, 2.75) is 12.0 Å². The molecular weight excluding hydrogens is 282 g/mol. The Kier molecular flexibility index (Phi) is 2.71. The second-order valence-corrected chi connectivity index (χ2v) is 4.86. The van der Waals surface area contributed by atoms with Gasteiger partial charge in [-0.25, -0.2) is 14.6 Å². The Morgan fingerprint density at radius 2 is 2.14 bits per heavy atom. The molecule has 1 spiro atoms. The van der Waals surface area contributed by atoms with E-state index in [9.17, 15) is 14.4 Å². The van der Waals surface area contributed by atoms with Crippen LogP contribution in [-0.2, 0) is 4.79 Å². The molecule has 3 N–H and O–H groups in total. The number of aromatic carboxylic acids is 1. The third kappa shape index (κ3) is 2.02. The van der Waals surface area contributed by atoms with Crippen LogP contribution in [-0.4, -0.2) is 56.8 Å². The molecule has 0 bridgehead atoms. The second kappa shape index (κ2) is 4.33. The normalized spacial score (nSPS) is 23.4. The highest BCUT2D eigenvalue weighted by atomic mass is 16.5. The number of ether oxygens (including phenoxy) is 1. The molecular formula is C12H11N3O6. The molecule has 1 aromatic rings. The average Bonchev–Trinajstić information content (AvgIpc) is 2.85. The van der Waals surface area contributed by atoms with Gasteiger partial charge in [-0.2, -0.15) is 0 Å². The van der Waals surface area contributed by atoms with Crippen molar-refractivity contribution >= 4 is 23.7 Å². The van der Waals surface area contributed by atoms with E-state index in [0.717, 1.165) is 4.90 Å². The number of rotatable bonds is 1. The summed E-state index contributed by atoms with van der Waals surface area (Å²) in [5.74, 6) is -1.68. The van der Waals surface area contributed by atoms with Gasteiger partial charge in [0.2, 0.25) is 11.5 Å². The zero-order valence-corrected chi connectivity index (χ0v) is 10.7. The van der Waals surface area contributed by atoms with Gasteiger partial charge in [-0.05, 0) is 12.1 Å².